The Kier molecular flexibility index (Phi) is 22.7. The molecule has 57 valence electrons. The molecule has 1 radical (unpaired) electrons. The zero-order valence-corrected chi connectivity index (χ0v) is 9.62. The second kappa shape index (κ2) is 9.10. The molecule has 0 fully saturated rings. The predicted molar refractivity (Wildman–Crippen MR) is 42.9 cm³/mol. The summed E-state index contributed by atoms with van der Waals surface area (Å²) >= 11 is 0. The van der Waals surface area contributed by atoms with Gasteiger partial charge in [0, 0.05) is 32.7 Å². The molecule has 0 saturated carbocycles. The van der Waals surface area contributed by atoms with Gasteiger partial charge in [-0.1, -0.05) is 41.5 Å². The normalized spacial score (nSPS) is 8.00. The van der Waals surface area contributed by atoms with E-state index in [0.717, 1.165) is 0 Å². The number of hydrogen-bond donors (Lipinski definition) is 0. The molecule has 0 bridgehead atoms. The fourth-order valence-electron chi connectivity index (χ4n) is 0. The van der Waals surface area contributed by atoms with E-state index in [0.29, 0.717) is 5.41 Å². The first kappa shape index (κ1) is 22.5. The fraction of sp³-hybridized carbons (Fsp3) is 0.875. The van der Waals surface area contributed by atoms with Crippen LogP contribution >= 0.6 is 0 Å². The van der Waals surface area contributed by atoms with Crippen LogP contribution in [-0.2, 0) is 32.7 Å². The van der Waals surface area contributed by atoms with Gasteiger partial charge in [0.1, 0.15) is 0 Å². The van der Waals surface area contributed by atoms with Crippen molar-refractivity contribution in [1.29, 1.82) is 0 Å². The molecular weight excluding hydrogens is 185 g/mol. The SMILES string of the molecule is C.CCC(C)(C)C.[CH3-].[Y]. The van der Waals surface area contributed by atoms with E-state index in [1.54, 1.807) is 0 Å². The maximum absolute atomic E-state index is 2.24. The Morgan fingerprint density at radius 1 is 1.11 bits per heavy atom. The van der Waals surface area contributed by atoms with Crippen molar-refractivity contribution in [3.8, 4) is 0 Å². The van der Waals surface area contributed by atoms with Crippen molar-refractivity contribution in [1.82, 2.24) is 0 Å². The molecule has 0 atom stereocenters. The fourth-order valence-corrected chi connectivity index (χ4v) is 0. The van der Waals surface area contributed by atoms with E-state index in [2.05, 4.69) is 27.7 Å². The van der Waals surface area contributed by atoms with Gasteiger partial charge in [-0.15, -0.1) is 0 Å². The van der Waals surface area contributed by atoms with Gasteiger partial charge in [0.2, 0.25) is 0 Å². The first-order valence-corrected chi connectivity index (χ1v) is 2.56. The van der Waals surface area contributed by atoms with Crippen LogP contribution in [-0.4, -0.2) is 0 Å². The molecule has 0 aliphatic carbocycles. The Labute approximate surface area is 86.7 Å². The van der Waals surface area contributed by atoms with Crippen LogP contribution in [0.15, 0.2) is 0 Å². The minimum Gasteiger partial charge on any atom is -0.358 e. The van der Waals surface area contributed by atoms with Crippen LogP contribution in [0.1, 0.15) is 41.5 Å². The van der Waals surface area contributed by atoms with E-state index in [9.17, 15) is 0 Å². The molecule has 0 aliphatic heterocycles. The third-order valence-electron chi connectivity index (χ3n) is 1.06. The summed E-state index contributed by atoms with van der Waals surface area (Å²) in [5, 5.41) is 0. The summed E-state index contributed by atoms with van der Waals surface area (Å²) < 4.78 is 0. The van der Waals surface area contributed by atoms with Gasteiger partial charge in [-0.3, -0.25) is 0 Å². The van der Waals surface area contributed by atoms with Crippen LogP contribution in [0.2, 0.25) is 0 Å². The van der Waals surface area contributed by atoms with Gasteiger partial charge in [0.25, 0.3) is 0 Å². The molecule has 0 aliphatic rings. The molecule has 0 amide bonds. The Hall–Kier alpha value is 1.10. The Balaban J connectivity index is -0.0000000417. The van der Waals surface area contributed by atoms with E-state index >= 15 is 0 Å². The molecule has 0 spiro atoms. The number of hydrogen-bond acceptors (Lipinski definition) is 0. The average molecular weight is 206 g/mol. The van der Waals surface area contributed by atoms with E-state index in [1.165, 1.54) is 6.42 Å². The summed E-state index contributed by atoms with van der Waals surface area (Å²) in [6.07, 6.45) is 1.27. The zero-order valence-electron chi connectivity index (χ0n) is 6.78. The molecule has 9 heavy (non-hydrogen) atoms. The van der Waals surface area contributed by atoms with Crippen LogP contribution in [0, 0.1) is 12.8 Å². The topological polar surface area (TPSA) is 0 Å². The van der Waals surface area contributed by atoms with E-state index in [4.69, 9.17) is 0 Å². The van der Waals surface area contributed by atoms with Crippen LogP contribution < -0.4 is 0 Å². The molecule has 0 unspecified atom stereocenters. The van der Waals surface area contributed by atoms with Crippen molar-refractivity contribution in [3.05, 3.63) is 7.43 Å². The third-order valence-corrected chi connectivity index (χ3v) is 1.06. The Morgan fingerprint density at radius 3 is 1.22 bits per heavy atom. The summed E-state index contributed by atoms with van der Waals surface area (Å²) in [6, 6.07) is 0. The summed E-state index contributed by atoms with van der Waals surface area (Å²) in [6.45, 7) is 8.94. The molecule has 0 N–H and O–H groups in total. The van der Waals surface area contributed by atoms with E-state index in [1.807, 2.05) is 0 Å². The molecule has 0 saturated heterocycles. The molecule has 0 aromatic rings. The predicted octanol–water partition coefficient (Wildman–Crippen LogP) is 3.53. The maximum atomic E-state index is 2.24. The van der Waals surface area contributed by atoms with Crippen LogP contribution in [0.4, 0.5) is 0 Å². The van der Waals surface area contributed by atoms with Gasteiger partial charge in [-0.25, -0.2) is 0 Å². The quantitative estimate of drug-likeness (QED) is 0.532. The summed E-state index contributed by atoms with van der Waals surface area (Å²) in [4.78, 5) is 0. The van der Waals surface area contributed by atoms with Crippen molar-refractivity contribution < 1.29 is 32.7 Å². The number of rotatable bonds is 0. The van der Waals surface area contributed by atoms with Gasteiger partial charge >= 0.3 is 0 Å². The Morgan fingerprint density at radius 2 is 1.22 bits per heavy atom. The smallest absolute Gasteiger partial charge is 0 e. The minimum absolute atomic E-state index is 0. The van der Waals surface area contributed by atoms with Crippen molar-refractivity contribution in [2.24, 2.45) is 5.41 Å². The van der Waals surface area contributed by atoms with Gasteiger partial charge in [-0.05, 0) is 5.41 Å². The first-order chi connectivity index (χ1) is 2.56. The maximum Gasteiger partial charge on any atom is 0 e. The van der Waals surface area contributed by atoms with Gasteiger partial charge in [-0.2, -0.15) is 0 Å². The van der Waals surface area contributed by atoms with Crippen molar-refractivity contribution >= 4 is 0 Å². The molecular formula is C8H21Y-. The zero-order chi connectivity index (χ0) is 5.21. The standard InChI is InChI=1S/C6H14.CH4.CH3.Y/c1-5-6(2,3)4;;;/h5H2,1-4H3;1H4;1H3;/q;;-1;. The van der Waals surface area contributed by atoms with E-state index in [-0.39, 0.29) is 47.6 Å². The van der Waals surface area contributed by atoms with Gasteiger partial charge in [0.15, 0.2) is 0 Å². The summed E-state index contributed by atoms with van der Waals surface area (Å²) in [7, 11) is 0. The van der Waals surface area contributed by atoms with Crippen molar-refractivity contribution in [3.63, 3.8) is 0 Å². The van der Waals surface area contributed by atoms with Crippen molar-refractivity contribution in [2.75, 3.05) is 0 Å². The van der Waals surface area contributed by atoms with Crippen LogP contribution in [0.3, 0.4) is 0 Å². The van der Waals surface area contributed by atoms with Crippen LogP contribution in [0.25, 0.3) is 0 Å². The average Bonchev–Trinajstić information content (AvgIpc) is 1.35. The van der Waals surface area contributed by atoms with E-state index < -0.39 is 0 Å². The monoisotopic (exact) mass is 206 g/mol. The third kappa shape index (κ3) is 27.3. The summed E-state index contributed by atoms with van der Waals surface area (Å²) in [5.41, 5.74) is 0.542. The van der Waals surface area contributed by atoms with Crippen molar-refractivity contribution in [2.45, 2.75) is 41.5 Å². The van der Waals surface area contributed by atoms with Gasteiger partial charge in [0.05, 0.1) is 0 Å². The van der Waals surface area contributed by atoms with Crippen LogP contribution in [0.5, 0.6) is 0 Å². The summed E-state index contributed by atoms with van der Waals surface area (Å²) in [5.74, 6) is 0. The Bertz CT molecular complexity index is 34.3. The second-order valence-corrected chi connectivity index (χ2v) is 2.91. The largest absolute Gasteiger partial charge is 0.358 e. The van der Waals surface area contributed by atoms with Gasteiger partial charge < -0.3 is 7.43 Å². The molecule has 0 rings (SSSR count). The molecule has 1 heteroatoms. The minimum atomic E-state index is 0. The second-order valence-electron chi connectivity index (χ2n) is 2.91. The molecule has 0 aromatic heterocycles. The first-order valence-electron chi connectivity index (χ1n) is 2.56. The molecule has 0 heterocycles. The molecule has 0 nitrogen and oxygen atoms in total. The molecule has 0 aromatic carbocycles.